The summed E-state index contributed by atoms with van der Waals surface area (Å²) in [6, 6.07) is 7.66. The summed E-state index contributed by atoms with van der Waals surface area (Å²) < 4.78 is 1.69. The molecule has 0 spiro atoms. The minimum Gasteiger partial charge on any atom is -0.384 e. The smallest absolute Gasteiger partial charge is 0.203 e. The molecule has 3 N–H and O–H groups in total. The summed E-state index contributed by atoms with van der Waals surface area (Å²) in [5, 5.41) is 4.18. The molecule has 0 saturated carbocycles. The lowest BCUT2D eigenvalue weighted by atomic mass is 10.3. The molecule has 6 nitrogen and oxygen atoms in total. The highest BCUT2D eigenvalue weighted by atomic mass is 15.3. The highest BCUT2D eigenvalue weighted by molar-refractivity contribution is 5.80. The molecule has 3 aromatic rings. The Kier molecular flexibility index (Phi) is 2.22. The van der Waals surface area contributed by atoms with Crippen molar-refractivity contribution in [3.05, 3.63) is 30.5 Å². The number of hydrogen-bond acceptors (Lipinski definition) is 4. The number of nitrogens with zero attached hydrogens (tertiary/aromatic N) is 4. The minimum atomic E-state index is 0.613. The first-order chi connectivity index (χ1) is 8.65. The number of imidazole rings is 1. The van der Waals surface area contributed by atoms with Crippen LogP contribution in [0.4, 0.5) is 11.8 Å². The lowest BCUT2D eigenvalue weighted by molar-refractivity contribution is 0.892. The summed E-state index contributed by atoms with van der Waals surface area (Å²) in [6.45, 7) is 0. The first-order valence-electron chi connectivity index (χ1n) is 5.62. The van der Waals surface area contributed by atoms with E-state index in [0.29, 0.717) is 5.82 Å². The molecule has 0 bridgehead atoms. The highest BCUT2D eigenvalue weighted by Crippen LogP contribution is 2.20. The summed E-state index contributed by atoms with van der Waals surface area (Å²) >= 11 is 0. The van der Waals surface area contributed by atoms with Crippen molar-refractivity contribution in [1.29, 1.82) is 0 Å². The zero-order valence-electron chi connectivity index (χ0n) is 10.3. The molecule has 0 aliphatic heterocycles. The molecule has 1 aromatic carbocycles. The van der Waals surface area contributed by atoms with E-state index in [1.807, 2.05) is 37.2 Å². The average Bonchev–Trinajstić information content (AvgIpc) is 2.93. The van der Waals surface area contributed by atoms with Gasteiger partial charge in [0.1, 0.15) is 5.82 Å². The van der Waals surface area contributed by atoms with Crippen LogP contribution >= 0.6 is 0 Å². The average molecular weight is 242 g/mol. The second-order valence-corrected chi connectivity index (χ2v) is 4.32. The van der Waals surface area contributed by atoms with Gasteiger partial charge in [-0.1, -0.05) is 0 Å². The molecule has 0 saturated heterocycles. The normalized spacial score (nSPS) is 11.0. The summed E-state index contributed by atoms with van der Waals surface area (Å²) in [4.78, 5) is 9.65. The Morgan fingerprint density at radius 2 is 2.11 bits per heavy atom. The molecule has 3 rings (SSSR count). The van der Waals surface area contributed by atoms with Crippen molar-refractivity contribution < 1.29 is 0 Å². The number of nitrogens with two attached hydrogens (primary N) is 1. The van der Waals surface area contributed by atoms with Crippen molar-refractivity contribution in [1.82, 2.24) is 19.7 Å². The molecule has 0 aliphatic rings. The maximum Gasteiger partial charge on any atom is 0.203 e. The van der Waals surface area contributed by atoms with E-state index in [0.717, 1.165) is 22.7 Å². The van der Waals surface area contributed by atoms with Gasteiger partial charge in [0.05, 0.1) is 22.9 Å². The largest absolute Gasteiger partial charge is 0.384 e. The van der Waals surface area contributed by atoms with Gasteiger partial charge in [-0.2, -0.15) is 5.10 Å². The van der Waals surface area contributed by atoms with Crippen LogP contribution in [0.15, 0.2) is 30.5 Å². The molecular weight excluding hydrogens is 228 g/mol. The number of aromatic amines is 1. The molecule has 0 aliphatic carbocycles. The quantitative estimate of drug-likeness (QED) is 0.712. The van der Waals surface area contributed by atoms with Crippen molar-refractivity contribution in [2.45, 2.75) is 0 Å². The SMILES string of the molecule is CN(C)c1nc2ccc(-n3nccc3N)cc2[nH]1. The topological polar surface area (TPSA) is 75.8 Å². The standard InChI is InChI=1S/C12H14N6/c1-17(2)12-15-9-4-3-8(7-10(9)16-12)18-11(13)5-6-14-18/h3-7H,13H2,1-2H3,(H,15,16). The van der Waals surface area contributed by atoms with Crippen LogP contribution < -0.4 is 10.6 Å². The van der Waals surface area contributed by atoms with Crippen molar-refractivity contribution in [3.8, 4) is 5.69 Å². The summed E-state index contributed by atoms with van der Waals surface area (Å²) in [7, 11) is 3.90. The van der Waals surface area contributed by atoms with Crippen molar-refractivity contribution in [3.63, 3.8) is 0 Å². The predicted octanol–water partition coefficient (Wildman–Crippen LogP) is 1.40. The third kappa shape index (κ3) is 1.58. The van der Waals surface area contributed by atoms with Crippen LogP contribution in [0.1, 0.15) is 0 Å². The van der Waals surface area contributed by atoms with Gasteiger partial charge in [0.25, 0.3) is 0 Å². The fourth-order valence-electron chi connectivity index (χ4n) is 1.86. The number of aromatic nitrogens is 4. The van der Waals surface area contributed by atoms with Crippen LogP contribution in [0.3, 0.4) is 0 Å². The Bertz CT molecular complexity index is 693. The predicted molar refractivity (Wildman–Crippen MR) is 72.0 cm³/mol. The molecule has 92 valence electrons. The maximum absolute atomic E-state index is 5.84. The summed E-state index contributed by atoms with van der Waals surface area (Å²) in [6.07, 6.45) is 1.68. The van der Waals surface area contributed by atoms with Crippen LogP contribution in [-0.4, -0.2) is 33.8 Å². The molecule has 2 aromatic heterocycles. The van der Waals surface area contributed by atoms with E-state index < -0.39 is 0 Å². The van der Waals surface area contributed by atoms with Gasteiger partial charge in [0, 0.05) is 20.2 Å². The number of fused-ring (bicyclic) bond motifs is 1. The number of benzene rings is 1. The highest BCUT2D eigenvalue weighted by Gasteiger charge is 2.07. The third-order valence-electron chi connectivity index (χ3n) is 2.79. The molecule has 0 fully saturated rings. The lowest BCUT2D eigenvalue weighted by Crippen LogP contribution is -2.09. The van der Waals surface area contributed by atoms with Gasteiger partial charge in [-0.05, 0) is 18.2 Å². The first kappa shape index (κ1) is 10.6. The second-order valence-electron chi connectivity index (χ2n) is 4.32. The Morgan fingerprint density at radius 3 is 2.78 bits per heavy atom. The van der Waals surface area contributed by atoms with Gasteiger partial charge in [-0.15, -0.1) is 0 Å². The van der Waals surface area contributed by atoms with Crippen LogP contribution in [0.5, 0.6) is 0 Å². The van der Waals surface area contributed by atoms with E-state index in [4.69, 9.17) is 5.73 Å². The Hall–Kier alpha value is -2.50. The summed E-state index contributed by atoms with van der Waals surface area (Å²) in [5.74, 6) is 1.44. The number of anilines is 2. The van der Waals surface area contributed by atoms with Crippen LogP contribution in [0.2, 0.25) is 0 Å². The monoisotopic (exact) mass is 242 g/mol. The van der Waals surface area contributed by atoms with Crippen LogP contribution in [0.25, 0.3) is 16.7 Å². The van der Waals surface area contributed by atoms with Gasteiger partial charge in [-0.3, -0.25) is 0 Å². The molecule has 0 radical (unpaired) electrons. The van der Waals surface area contributed by atoms with E-state index in [1.54, 1.807) is 16.9 Å². The molecule has 2 heterocycles. The Morgan fingerprint density at radius 1 is 1.28 bits per heavy atom. The minimum absolute atomic E-state index is 0.613. The van der Waals surface area contributed by atoms with Crippen molar-refractivity contribution >= 4 is 22.8 Å². The molecule has 0 atom stereocenters. The second kappa shape index (κ2) is 3.76. The Labute approximate surface area is 104 Å². The molecular formula is C12H14N6. The van der Waals surface area contributed by atoms with Crippen LogP contribution in [0, 0.1) is 0 Å². The zero-order valence-corrected chi connectivity index (χ0v) is 10.3. The van der Waals surface area contributed by atoms with E-state index in [9.17, 15) is 0 Å². The third-order valence-corrected chi connectivity index (χ3v) is 2.79. The fraction of sp³-hybridized carbons (Fsp3) is 0.167. The van der Waals surface area contributed by atoms with E-state index in [1.165, 1.54) is 0 Å². The van der Waals surface area contributed by atoms with Crippen molar-refractivity contribution in [2.24, 2.45) is 0 Å². The zero-order chi connectivity index (χ0) is 12.7. The van der Waals surface area contributed by atoms with Gasteiger partial charge < -0.3 is 15.6 Å². The first-order valence-corrected chi connectivity index (χ1v) is 5.62. The molecule has 6 heteroatoms. The van der Waals surface area contributed by atoms with Crippen LogP contribution in [-0.2, 0) is 0 Å². The Balaban J connectivity index is 2.14. The molecule has 0 unspecified atom stereocenters. The maximum atomic E-state index is 5.84. The van der Waals surface area contributed by atoms with Gasteiger partial charge in [-0.25, -0.2) is 9.67 Å². The number of nitrogens with one attached hydrogen (secondary N) is 1. The van der Waals surface area contributed by atoms with Gasteiger partial charge >= 0.3 is 0 Å². The van der Waals surface area contributed by atoms with E-state index in [-0.39, 0.29) is 0 Å². The number of hydrogen-bond donors (Lipinski definition) is 2. The van der Waals surface area contributed by atoms with E-state index in [2.05, 4.69) is 15.1 Å². The number of nitrogen functional groups attached to an aromatic ring is 1. The lowest BCUT2D eigenvalue weighted by Gasteiger charge is -2.05. The molecule has 18 heavy (non-hydrogen) atoms. The fourth-order valence-corrected chi connectivity index (χ4v) is 1.86. The summed E-state index contributed by atoms with van der Waals surface area (Å²) in [5.41, 5.74) is 8.64. The number of rotatable bonds is 2. The van der Waals surface area contributed by atoms with Gasteiger partial charge in [0.15, 0.2) is 0 Å². The van der Waals surface area contributed by atoms with E-state index >= 15 is 0 Å². The number of H-pyrrole nitrogens is 1. The van der Waals surface area contributed by atoms with Crippen molar-refractivity contribution in [2.75, 3.05) is 24.7 Å². The van der Waals surface area contributed by atoms with Gasteiger partial charge in [0.2, 0.25) is 5.95 Å². The molecule has 0 amide bonds.